The topological polar surface area (TPSA) is 55.8 Å². The number of amides is 1. The summed E-state index contributed by atoms with van der Waals surface area (Å²) < 4.78 is 11.0. The number of carbonyl (C=O) groups excluding carboxylic acids is 2. The molecular weight excluding hydrogens is 378 g/mol. The van der Waals surface area contributed by atoms with Gasteiger partial charge in [-0.1, -0.05) is 72.8 Å². The highest BCUT2D eigenvalue weighted by atomic mass is 16.5. The Hall–Kier alpha value is -3.44. The molecular formula is C25H23NO4. The van der Waals surface area contributed by atoms with Crippen LogP contribution in [-0.4, -0.2) is 43.1 Å². The first-order valence-corrected chi connectivity index (χ1v) is 10.0. The van der Waals surface area contributed by atoms with Gasteiger partial charge in [-0.2, -0.15) is 0 Å². The van der Waals surface area contributed by atoms with Gasteiger partial charge in [-0.25, -0.2) is 4.79 Å². The van der Waals surface area contributed by atoms with Crippen LogP contribution < -0.4 is 0 Å². The maximum absolute atomic E-state index is 13.1. The fraction of sp³-hybridized carbons (Fsp3) is 0.200. The first-order valence-electron chi connectivity index (χ1n) is 10.0. The van der Waals surface area contributed by atoms with Crippen LogP contribution in [0.15, 0.2) is 84.9 Å². The van der Waals surface area contributed by atoms with Crippen molar-refractivity contribution in [3.63, 3.8) is 0 Å². The van der Waals surface area contributed by atoms with Crippen LogP contribution in [0.4, 0.5) is 0 Å². The third kappa shape index (κ3) is 4.58. The molecule has 1 aliphatic heterocycles. The normalized spacial score (nSPS) is 14.7. The van der Waals surface area contributed by atoms with Gasteiger partial charge in [0.2, 0.25) is 6.10 Å². The molecule has 0 radical (unpaired) electrons. The Labute approximate surface area is 175 Å². The Morgan fingerprint density at radius 3 is 1.97 bits per heavy atom. The standard InChI is InChI=1S/C25H23NO4/c27-24(26-15-17-29-18-16-26)23(21-9-5-2-6-10-21)30-25(28)22-13-11-20(12-14-22)19-7-3-1-4-8-19/h1-14,23H,15-18H2/t23-/m0/s1. The predicted octanol–water partition coefficient (Wildman–Crippen LogP) is 4.11. The molecule has 3 aromatic rings. The van der Waals surface area contributed by atoms with Gasteiger partial charge in [0.25, 0.3) is 5.91 Å². The van der Waals surface area contributed by atoms with Crippen molar-refractivity contribution >= 4 is 11.9 Å². The summed E-state index contributed by atoms with van der Waals surface area (Å²) in [7, 11) is 0. The Morgan fingerprint density at radius 2 is 1.33 bits per heavy atom. The summed E-state index contributed by atoms with van der Waals surface area (Å²) >= 11 is 0. The SMILES string of the molecule is O=C(O[C@H](C(=O)N1CCOCC1)c1ccccc1)c1ccc(-c2ccccc2)cc1. The summed E-state index contributed by atoms with van der Waals surface area (Å²) in [5.74, 6) is -0.746. The molecule has 0 unspecified atom stereocenters. The van der Waals surface area contributed by atoms with E-state index in [1.807, 2.05) is 60.7 Å². The third-order valence-corrected chi connectivity index (χ3v) is 5.10. The lowest BCUT2D eigenvalue weighted by Crippen LogP contribution is -2.44. The summed E-state index contributed by atoms with van der Waals surface area (Å²) in [5, 5.41) is 0. The second-order valence-corrected chi connectivity index (χ2v) is 7.08. The van der Waals surface area contributed by atoms with Crippen molar-refractivity contribution in [2.24, 2.45) is 0 Å². The molecule has 4 rings (SSSR count). The molecule has 1 amide bonds. The summed E-state index contributed by atoms with van der Waals surface area (Å²) in [6.07, 6.45) is -0.981. The van der Waals surface area contributed by atoms with Crippen molar-refractivity contribution < 1.29 is 19.1 Å². The monoisotopic (exact) mass is 401 g/mol. The number of nitrogens with zero attached hydrogens (tertiary/aromatic N) is 1. The molecule has 5 nitrogen and oxygen atoms in total. The smallest absolute Gasteiger partial charge is 0.339 e. The van der Waals surface area contributed by atoms with Gasteiger partial charge < -0.3 is 14.4 Å². The molecule has 1 atom stereocenters. The Morgan fingerprint density at radius 1 is 0.767 bits per heavy atom. The Bertz CT molecular complexity index is 981. The van der Waals surface area contributed by atoms with Crippen molar-refractivity contribution in [2.75, 3.05) is 26.3 Å². The summed E-state index contributed by atoms with van der Waals surface area (Å²) in [6, 6.07) is 26.3. The minimum absolute atomic E-state index is 0.223. The molecule has 0 aliphatic carbocycles. The van der Waals surface area contributed by atoms with Crippen LogP contribution in [0.5, 0.6) is 0 Å². The molecule has 3 aromatic carbocycles. The quantitative estimate of drug-likeness (QED) is 0.604. The lowest BCUT2D eigenvalue weighted by molar-refractivity contribution is -0.145. The number of ether oxygens (including phenoxy) is 2. The summed E-state index contributed by atoms with van der Waals surface area (Å²) in [6.45, 7) is 1.96. The van der Waals surface area contributed by atoms with Gasteiger partial charge in [-0.3, -0.25) is 4.79 Å². The first-order chi connectivity index (χ1) is 14.7. The van der Waals surface area contributed by atoms with E-state index in [4.69, 9.17) is 9.47 Å². The average Bonchev–Trinajstić information content (AvgIpc) is 2.84. The zero-order valence-corrected chi connectivity index (χ0v) is 16.6. The average molecular weight is 401 g/mol. The number of morpholine rings is 1. The van der Waals surface area contributed by atoms with E-state index < -0.39 is 12.1 Å². The number of hydrogen-bond donors (Lipinski definition) is 0. The van der Waals surface area contributed by atoms with Crippen LogP contribution in [0.1, 0.15) is 22.0 Å². The second kappa shape index (κ2) is 9.37. The van der Waals surface area contributed by atoms with Crippen molar-refractivity contribution in [3.8, 4) is 11.1 Å². The largest absolute Gasteiger partial charge is 0.444 e. The van der Waals surface area contributed by atoms with Crippen LogP contribution in [-0.2, 0) is 14.3 Å². The number of esters is 1. The molecule has 1 saturated heterocycles. The number of rotatable bonds is 5. The fourth-order valence-electron chi connectivity index (χ4n) is 3.44. The molecule has 0 spiro atoms. The maximum atomic E-state index is 13.1. The van der Waals surface area contributed by atoms with Crippen molar-refractivity contribution in [1.82, 2.24) is 4.90 Å². The van der Waals surface area contributed by atoms with E-state index >= 15 is 0 Å². The molecule has 0 N–H and O–H groups in total. The molecule has 152 valence electrons. The molecule has 0 aromatic heterocycles. The van der Waals surface area contributed by atoms with Crippen LogP contribution >= 0.6 is 0 Å². The van der Waals surface area contributed by atoms with E-state index in [9.17, 15) is 9.59 Å². The van der Waals surface area contributed by atoms with Crippen molar-refractivity contribution in [2.45, 2.75) is 6.10 Å². The van der Waals surface area contributed by atoms with E-state index in [1.54, 1.807) is 29.2 Å². The number of carbonyl (C=O) groups is 2. The first kappa shape index (κ1) is 19.9. The molecule has 1 aliphatic rings. The Kier molecular flexibility index (Phi) is 6.20. The van der Waals surface area contributed by atoms with Crippen molar-refractivity contribution in [3.05, 3.63) is 96.1 Å². The van der Waals surface area contributed by atoms with E-state index in [0.29, 0.717) is 37.4 Å². The Balaban J connectivity index is 1.53. The van der Waals surface area contributed by atoms with Crippen LogP contribution in [0, 0.1) is 0 Å². The van der Waals surface area contributed by atoms with Gasteiger partial charge in [0.15, 0.2) is 0 Å². The number of benzene rings is 3. The van der Waals surface area contributed by atoms with E-state index in [1.165, 1.54) is 0 Å². The van der Waals surface area contributed by atoms with Crippen LogP contribution in [0.2, 0.25) is 0 Å². The predicted molar refractivity (Wildman–Crippen MR) is 114 cm³/mol. The highest BCUT2D eigenvalue weighted by molar-refractivity contribution is 5.93. The summed E-state index contributed by atoms with van der Waals surface area (Å²) in [5.41, 5.74) is 3.15. The van der Waals surface area contributed by atoms with E-state index in [-0.39, 0.29) is 5.91 Å². The van der Waals surface area contributed by atoms with Crippen LogP contribution in [0.25, 0.3) is 11.1 Å². The fourth-order valence-corrected chi connectivity index (χ4v) is 3.44. The second-order valence-electron chi connectivity index (χ2n) is 7.08. The van der Waals surface area contributed by atoms with E-state index in [0.717, 1.165) is 11.1 Å². The van der Waals surface area contributed by atoms with Crippen molar-refractivity contribution in [1.29, 1.82) is 0 Å². The number of hydrogen-bond acceptors (Lipinski definition) is 4. The zero-order chi connectivity index (χ0) is 20.8. The molecule has 0 bridgehead atoms. The lowest BCUT2D eigenvalue weighted by Gasteiger charge is -2.30. The third-order valence-electron chi connectivity index (χ3n) is 5.10. The molecule has 0 saturated carbocycles. The summed E-state index contributed by atoms with van der Waals surface area (Å²) in [4.78, 5) is 27.6. The van der Waals surface area contributed by atoms with Gasteiger partial charge in [-0.05, 0) is 23.3 Å². The molecule has 30 heavy (non-hydrogen) atoms. The van der Waals surface area contributed by atoms with Gasteiger partial charge in [0.05, 0.1) is 18.8 Å². The van der Waals surface area contributed by atoms with Crippen LogP contribution in [0.3, 0.4) is 0 Å². The maximum Gasteiger partial charge on any atom is 0.339 e. The minimum Gasteiger partial charge on any atom is -0.444 e. The molecule has 5 heteroatoms. The van der Waals surface area contributed by atoms with Gasteiger partial charge in [-0.15, -0.1) is 0 Å². The van der Waals surface area contributed by atoms with Gasteiger partial charge in [0.1, 0.15) is 0 Å². The highest BCUT2D eigenvalue weighted by Gasteiger charge is 2.30. The van der Waals surface area contributed by atoms with E-state index in [2.05, 4.69) is 0 Å². The van der Waals surface area contributed by atoms with Gasteiger partial charge >= 0.3 is 5.97 Å². The zero-order valence-electron chi connectivity index (χ0n) is 16.6. The highest BCUT2D eigenvalue weighted by Crippen LogP contribution is 2.24. The minimum atomic E-state index is -0.981. The molecule has 1 fully saturated rings. The lowest BCUT2D eigenvalue weighted by atomic mass is 10.0. The molecule has 1 heterocycles. The van der Waals surface area contributed by atoms with Gasteiger partial charge in [0, 0.05) is 18.7 Å².